The lowest BCUT2D eigenvalue weighted by atomic mass is 9.96. The van der Waals surface area contributed by atoms with E-state index in [4.69, 9.17) is 4.74 Å². The topological polar surface area (TPSA) is 48.5 Å². The summed E-state index contributed by atoms with van der Waals surface area (Å²) >= 11 is 0. The summed E-state index contributed by atoms with van der Waals surface area (Å²) in [6.45, 7) is 3.17. The molecular weight excluding hydrogens is 324 g/mol. The molecule has 1 atom stereocenters. The summed E-state index contributed by atoms with van der Waals surface area (Å²) in [7, 11) is 0. The summed E-state index contributed by atoms with van der Waals surface area (Å²) in [5, 5.41) is 12.3. The molecule has 1 aliphatic heterocycles. The second-order valence-electron chi connectivity index (χ2n) is 7.31. The highest BCUT2D eigenvalue weighted by molar-refractivity contribution is 5.82. The molecule has 0 bridgehead atoms. The fraction of sp³-hybridized carbons (Fsp3) is 0.364. The summed E-state index contributed by atoms with van der Waals surface area (Å²) in [6.07, 6.45) is 4.50. The number of H-pyrrole nitrogens is 1. The highest BCUT2D eigenvalue weighted by atomic mass is 16.5. The number of rotatable bonds is 5. The average molecular weight is 350 g/mol. The van der Waals surface area contributed by atoms with E-state index < -0.39 is 5.60 Å². The molecule has 136 valence electrons. The van der Waals surface area contributed by atoms with Gasteiger partial charge in [0.1, 0.15) is 12.4 Å². The first-order valence-corrected chi connectivity index (χ1v) is 9.39. The summed E-state index contributed by atoms with van der Waals surface area (Å²) in [4.78, 5) is 5.73. The second kappa shape index (κ2) is 7.52. The number of nitrogens with one attached hydrogen (secondary N) is 1. The van der Waals surface area contributed by atoms with Gasteiger partial charge in [-0.3, -0.25) is 4.90 Å². The third-order valence-corrected chi connectivity index (χ3v) is 5.34. The number of para-hydroxylation sites is 1. The predicted octanol–water partition coefficient (Wildman–Crippen LogP) is 3.96. The number of hydrogen-bond donors (Lipinski definition) is 2. The molecular formula is C22H26N2O2. The third-order valence-electron chi connectivity index (χ3n) is 5.34. The molecule has 1 fully saturated rings. The lowest BCUT2D eigenvalue weighted by molar-refractivity contribution is -0.0168. The van der Waals surface area contributed by atoms with E-state index in [1.807, 2.05) is 36.5 Å². The maximum Gasteiger partial charge on any atom is 0.119 e. The molecule has 0 amide bonds. The van der Waals surface area contributed by atoms with E-state index in [0.29, 0.717) is 6.61 Å². The van der Waals surface area contributed by atoms with Crippen LogP contribution in [0.3, 0.4) is 0 Å². The highest BCUT2D eigenvalue weighted by Crippen LogP contribution is 2.26. The third kappa shape index (κ3) is 3.92. The fourth-order valence-corrected chi connectivity index (χ4v) is 3.80. The molecule has 0 spiro atoms. The van der Waals surface area contributed by atoms with Gasteiger partial charge in [0.05, 0.1) is 5.60 Å². The van der Waals surface area contributed by atoms with E-state index >= 15 is 0 Å². The van der Waals surface area contributed by atoms with Crippen molar-refractivity contribution in [3.63, 3.8) is 0 Å². The molecule has 1 aliphatic rings. The molecule has 0 saturated carbocycles. The monoisotopic (exact) mass is 350 g/mol. The van der Waals surface area contributed by atoms with E-state index in [0.717, 1.165) is 44.6 Å². The van der Waals surface area contributed by atoms with Crippen molar-refractivity contribution < 1.29 is 9.84 Å². The Morgan fingerprint density at radius 1 is 1.00 bits per heavy atom. The zero-order chi connectivity index (χ0) is 17.8. The van der Waals surface area contributed by atoms with Crippen LogP contribution in [0.2, 0.25) is 0 Å². The number of aromatic amines is 1. The van der Waals surface area contributed by atoms with E-state index in [-0.39, 0.29) is 0 Å². The SMILES string of the molecule is OC1(COc2ccccc2)CCCN(Cc2cccc3[nH]ccc23)CC1. The molecule has 0 aliphatic carbocycles. The molecule has 4 heteroatoms. The summed E-state index contributed by atoms with van der Waals surface area (Å²) in [5.74, 6) is 0.821. The molecule has 1 saturated heterocycles. The van der Waals surface area contributed by atoms with Gasteiger partial charge in [-0.2, -0.15) is 0 Å². The van der Waals surface area contributed by atoms with Crippen LogP contribution in [0.5, 0.6) is 5.75 Å². The van der Waals surface area contributed by atoms with Gasteiger partial charge < -0.3 is 14.8 Å². The van der Waals surface area contributed by atoms with Crippen molar-refractivity contribution in [2.45, 2.75) is 31.4 Å². The van der Waals surface area contributed by atoms with Gasteiger partial charge >= 0.3 is 0 Å². The molecule has 26 heavy (non-hydrogen) atoms. The van der Waals surface area contributed by atoms with Crippen LogP contribution in [0.15, 0.2) is 60.8 Å². The number of ether oxygens (including phenoxy) is 1. The number of hydrogen-bond acceptors (Lipinski definition) is 3. The van der Waals surface area contributed by atoms with Crippen LogP contribution in [0.4, 0.5) is 0 Å². The van der Waals surface area contributed by atoms with Crippen molar-refractivity contribution in [3.8, 4) is 5.75 Å². The number of benzene rings is 2. The van der Waals surface area contributed by atoms with Crippen LogP contribution in [-0.4, -0.2) is 40.3 Å². The molecule has 1 aromatic heterocycles. The predicted molar refractivity (Wildman–Crippen MR) is 104 cm³/mol. The summed E-state index contributed by atoms with van der Waals surface area (Å²) < 4.78 is 5.83. The zero-order valence-corrected chi connectivity index (χ0v) is 15.0. The van der Waals surface area contributed by atoms with Gasteiger partial charge in [-0.05, 0) is 55.6 Å². The Hall–Kier alpha value is -2.30. The molecule has 0 radical (unpaired) electrons. The van der Waals surface area contributed by atoms with Crippen molar-refractivity contribution >= 4 is 10.9 Å². The first-order valence-electron chi connectivity index (χ1n) is 9.39. The smallest absolute Gasteiger partial charge is 0.119 e. The van der Waals surface area contributed by atoms with Gasteiger partial charge in [0.25, 0.3) is 0 Å². The zero-order valence-electron chi connectivity index (χ0n) is 15.0. The quantitative estimate of drug-likeness (QED) is 0.732. The normalized spacial score (nSPS) is 21.6. The van der Waals surface area contributed by atoms with E-state index in [9.17, 15) is 5.11 Å². The lowest BCUT2D eigenvalue weighted by Gasteiger charge is -2.27. The molecule has 3 aromatic rings. The van der Waals surface area contributed by atoms with E-state index in [2.05, 4.69) is 34.1 Å². The Balaban J connectivity index is 1.37. The number of fused-ring (bicyclic) bond motifs is 1. The van der Waals surface area contributed by atoms with Crippen LogP contribution >= 0.6 is 0 Å². The Labute approximate surface area is 154 Å². The average Bonchev–Trinajstić information content (AvgIpc) is 3.08. The van der Waals surface area contributed by atoms with Crippen LogP contribution in [-0.2, 0) is 6.54 Å². The Kier molecular flexibility index (Phi) is 4.96. The maximum absolute atomic E-state index is 11.0. The summed E-state index contributed by atoms with van der Waals surface area (Å²) in [5.41, 5.74) is 1.78. The summed E-state index contributed by atoms with van der Waals surface area (Å²) in [6, 6.07) is 18.3. The van der Waals surface area contributed by atoms with Crippen LogP contribution < -0.4 is 4.74 Å². The van der Waals surface area contributed by atoms with E-state index in [1.54, 1.807) is 0 Å². The Bertz CT molecular complexity index is 845. The molecule has 2 aromatic carbocycles. The van der Waals surface area contributed by atoms with Gasteiger partial charge in [-0.25, -0.2) is 0 Å². The van der Waals surface area contributed by atoms with Gasteiger partial charge in [0, 0.05) is 30.2 Å². The van der Waals surface area contributed by atoms with Gasteiger partial charge in [0.2, 0.25) is 0 Å². The minimum atomic E-state index is -0.745. The van der Waals surface area contributed by atoms with Crippen LogP contribution in [0.1, 0.15) is 24.8 Å². The number of aromatic nitrogens is 1. The van der Waals surface area contributed by atoms with Crippen LogP contribution in [0, 0.1) is 0 Å². The Morgan fingerprint density at radius 3 is 2.77 bits per heavy atom. The molecule has 1 unspecified atom stereocenters. The van der Waals surface area contributed by atoms with Gasteiger partial charge in [0.15, 0.2) is 0 Å². The van der Waals surface area contributed by atoms with Crippen molar-refractivity contribution in [2.24, 2.45) is 0 Å². The molecule has 4 nitrogen and oxygen atoms in total. The minimum absolute atomic E-state index is 0.359. The van der Waals surface area contributed by atoms with E-state index in [1.165, 1.54) is 16.5 Å². The highest BCUT2D eigenvalue weighted by Gasteiger charge is 2.31. The number of likely N-dealkylation sites (tertiary alicyclic amines) is 1. The first-order chi connectivity index (χ1) is 12.7. The van der Waals surface area contributed by atoms with Crippen molar-refractivity contribution in [1.29, 1.82) is 0 Å². The van der Waals surface area contributed by atoms with Gasteiger partial charge in [-0.15, -0.1) is 0 Å². The minimum Gasteiger partial charge on any atom is -0.491 e. The number of aliphatic hydroxyl groups is 1. The van der Waals surface area contributed by atoms with Crippen LogP contribution in [0.25, 0.3) is 10.9 Å². The first kappa shape index (κ1) is 17.1. The second-order valence-corrected chi connectivity index (χ2v) is 7.31. The van der Waals surface area contributed by atoms with Crippen molar-refractivity contribution in [3.05, 3.63) is 66.4 Å². The fourth-order valence-electron chi connectivity index (χ4n) is 3.80. The Morgan fingerprint density at radius 2 is 1.88 bits per heavy atom. The van der Waals surface area contributed by atoms with Crippen molar-refractivity contribution in [2.75, 3.05) is 19.7 Å². The molecule has 2 heterocycles. The largest absolute Gasteiger partial charge is 0.491 e. The standard InChI is InChI=1S/C22H26N2O2/c25-22(17-26-19-7-2-1-3-8-19)11-5-14-24(15-12-22)16-18-6-4-9-21-20(18)10-13-23-21/h1-4,6-10,13,23,25H,5,11-12,14-17H2. The number of nitrogens with zero attached hydrogens (tertiary/aromatic N) is 1. The van der Waals surface area contributed by atoms with Gasteiger partial charge in [-0.1, -0.05) is 30.3 Å². The lowest BCUT2D eigenvalue weighted by Crippen LogP contribution is -2.37. The van der Waals surface area contributed by atoms with Crippen molar-refractivity contribution in [1.82, 2.24) is 9.88 Å². The maximum atomic E-state index is 11.0. The molecule has 4 rings (SSSR count). The molecule has 2 N–H and O–H groups in total.